The summed E-state index contributed by atoms with van der Waals surface area (Å²) < 4.78 is 0. The third-order valence-electron chi connectivity index (χ3n) is 3.29. The first-order chi connectivity index (χ1) is 10.1. The highest BCUT2D eigenvalue weighted by molar-refractivity contribution is 5.76. The van der Waals surface area contributed by atoms with Crippen LogP contribution in [0.5, 0.6) is 0 Å². The number of H-pyrrole nitrogens is 1. The molecule has 0 aliphatic carbocycles. The molecule has 0 aliphatic heterocycles. The first-order valence-corrected chi connectivity index (χ1v) is 6.92. The number of carbonyl (C=O) groups is 1. The van der Waals surface area contributed by atoms with Gasteiger partial charge in [0.2, 0.25) is 5.91 Å². The van der Waals surface area contributed by atoms with Gasteiger partial charge < -0.3 is 10.3 Å². The second kappa shape index (κ2) is 6.83. The number of pyridine rings is 2. The summed E-state index contributed by atoms with van der Waals surface area (Å²) in [7, 11) is 0. The van der Waals surface area contributed by atoms with E-state index in [0.717, 1.165) is 17.0 Å². The lowest BCUT2D eigenvalue weighted by Crippen LogP contribution is -2.28. The number of carbonyl (C=O) groups excluding carboxylic acids is 1. The average molecular weight is 285 g/mol. The van der Waals surface area contributed by atoms with Crippen LogP contribution in [0.2, 0.25) is 0 Å². The summed E-state index contributed by atoms with van der Waals surface area (Å²) in [5.41, 5.74) is 3.06. The Labute approximate surface area is 123 Å². The molecular weight excluding hydrogens is 266 g/mol. The fourth-order valence-corrected chi connectivity index (χ4v) is 2.16. The minimum atomic E-state index is -0.141. The van der Waals surface area contributed by atoms with Gasteiger partial charge in [-0.05, 0) is 44.0 Å². The van der Waals surface area contributed by atoms with Gasteiger partial charge in [0.15, 0.2) is 0 Å². The van der Waals surface area contributed by atoms with Crippen molar-refractivity contribution >= 4 is 5.91 Å². The molecule has 2 heterocycles. The minimum Gasteiger partial charge on any atom is -0.352 e. The monoisotopic (exact) mass is 285 g/mol. The van der Waals surface area contributed by atoms with E-state index in [0.29, 0.717) is 18.4 Å². The molecule has 2 aromatic heterocycles. The standard InChI is InChI=1S/C16H19N3O2/c1-11-9-12(2)19-16(21)14(11)10-18-15(20)7-6-13-5-3-4-8-17-13/h3-5,8-9H,6-7,10H2,1-2H3,(H,18,20)(H,19,21). The minimum absolute atomic E-state index is 0.0833. The molecule has 5 nitrogen and oxygen atoms in total. The van der Waals surface area contributed by atoms with Crippen LogP contribution >= 0.6 is 0 Å². The molecular formula is C16H19N3O2. The van der Waals surface area contributed by atoms with Crippen LogP contribution in [-0.4, -0.2) is 15.9 Å². The molecule has 0 spiro atoms. The number of aryl methyl sites for hydroxylation is 3. The Bertz CT molecular complexity index is 678. The van der Waals surface area contributed by atoms with E-state index in [1.807, 2.05) is 38.1 Å². The third-order valence-corrected chi connectivity index (χ3v) is 3.29. The molecule has 5 heteroatoms. The van der Waals surface area contributed by atoms with E-state index < -0.39 is 0 Å². The van der Waals surface area contributed by atoms with Gasteiger partial charge in [0.25, 0.3) is 5.56 Å². The lowest BCUT2D eigenvalue weighted by Gasteiger charge is -2.08. The van der Waals surface area contributed by atoms with Gasteiger partial charge in [-0.2, -0.15) is 0 Å². The van der Waals surface area contributed by atoms with Crippen molar-refractivity contribution in [1.82, 2.24) is 15.3 Å². The molecule has 2 N–H and O–H groups in total. The van der Waals surface area contributed by atoms with Gasteiger partial charge in [0.05, 0.1) is 0 Å². The highest BCUT2D eigenvalue weighted by Gasteiger charge is 2.08. The summed E-state index contributed by atoms with van der Waals surface area (Å²) in [6.45, 7) is 3.96. The number of rotatable bonds is 5. The lowest BCUT2D eigenvalue weighted by atomic mass is 10.1. The van der Waals surface area contributed by atoms with Crippen LogP contribution in [0.25, 0.3) is 0 Å². The fraction of sp³-hybridized carbons (Fsp3) is 0.312. The molecule has 0 aliphatic rings. The van der Waals surface area contributed by atoms with Crippen molar-refractivity contribution in [2.24, 2.45) is 0 Å². The maximum atomic E-state index is 11.8. The third kappa shape index (κ3) is 4.27. The Hall–Kier alpha value is -2.43. The zero-order valence-corrected chi connectivity index (χ0v) is 12.3. The van der Waals surface area contributed by atoms with Crippen LogP contribution in [0.15, 0.2) is 35.3 Å². The quantitative estimate of drug-likeness (QED) is 0.877. The second-order valence-electron chi connectivity index (χ2n) is 5.04. The summed E-state index contributed by atoms with van der Waals surface area (Å²) in [6, 6.07) is 7.53. The predicted octanol–water partition coefficient (Wildman–Crippen LogP) is 1.64. The SMILES string of the molecule is Cc1cc(C)c(CNC(=O)CCc2ccccn2)c(=O)[nH]1. The zero-order valence-electron chi connectivity index (χ0n) is 12.3. The van der Waals surface area contributed by atoms with Gasteiger partial charge in [-0.3, -0.25) is 14.6 Å². The molecule has 1 amide bonds. The summed E-state index contributed by atoms with van der Waals surface area (Å²) in [6.07, 6.45) is 2.66. The molecule has 0 radical (unpaired) electrons. The highest BCUT2D eigenvalue weighted by atomic mass is 16.1. The molecule has 0 saturated heterocycles. The van der Waals surface area contributed by atoms with Crippen LogP contribution in [0.3, 0.4) is 0 Å². The molecule has 0 bridgehead atoms. The predicted molar refractivity (Wildman–Crippen MR) is 80.9 cm³/mol. The summed E-state index contributed by atoms with van der Waals surface area (Å²) in [5, 5.41) is 2.78. The first kappa shape index (κ1) is 15.0. The van der Waals surface area contributed by atoms with E-state index in [1.54, 1.807) is 6.20 Å². The normalized spacial score (nSPS) is 10.4. The van der Waals surface area contributed by atoms with Gasteiger partial charge in [-0.15, -0.1) is 0 Å². The second-order valence-corrected chi connectivity index (χ2v) is 5.04. The number of hydrogen-bond donors (Lipinski definition) is 2. The maximum Gasteiger partial charge on any atom is 0.253 e. The molecule has 110 valence electrons. The number of aromatic amines is 1. The molecule has 2 rings (SSSR count). The smallest absolute Gasteiger partial charge is 0.253 e. The first-order valence-electron chi connectivity index (χ1n) is 6.92. The van der Waals surface area contributed by atoms with Crippen molar-refractivity contribution < 1.29 is 4.79 Å². The molecule has 21 heavy (non-hydrogen) atoms. The maximum absolute atomic E-state index is 11.8. The van der Waals surface area contributed by atoms with Crippen molar-refractivity contribution in [2.75, 3.05) is 0 Å². The van der Waals surface area contributed by atoms with Crippen LogP contribution in [0.1, 0.15) is 28.9 Å². The average Bonchev–Trinajstić information content (AvgIpc) is 2.45. The molecule has 0 fully saturated rings. The molecule has 0 saturated carbocycles. The lowest BCUT2D eigenvalue weighted by molar-refractivity contribution is -0.121. The number of nitrogens with one attached hydrogen (secondary N) is 2. The van der Waals surface area contributed by atoms with Crippen molar-refractivity contribution in [1.29, 1.82) is 0 Å². The summed E-state index contributed by atoms with van der Waals surface area (Å²) >= 11 is 0. The Balaban J connectivity index is 1.89. The Morgan fingerprint density at radius 1 is 1.33 bits per heavy atom. The fourth-order valence-electron chi connectivity index (χ4n) is 2.16. The molecule has 0 atom stereocenters. The molecule has 0 aromatic carbocycles. The Kier molecular flexibility index (Phi) is 4.87. The molecule has 2 aromatic rings. The van der Waals surface area contributed by atoms with Crippen LogP contribution in [-0.2, 0) is 17.8 Å². The topological polar surface area (TPSA) is 74.8 Å². The van der Waals surface area contributed by atoms with E-state index in [9.17, 15) is 9.59 Å². The Morgan fingerprint density at radius 2 is 2.14 bits per heavy atom. The summed E-state index contributed by atoms with van der Waals surface area (Å²) in [4.78, 5) is 30.6. The summed E-state index contributed by atoms with van der Waals surface area (Å²) in [5.74, 6) is -0.0833. The van der Waals surface area contributed by atoms with E-state index in [1.165, 1.54) is 0 Å². The van der Waals surface area contributed by atoms with E-state index in [2.05, 4.69) is 15.3 Å². The van der Waals surface area contributed by atoms with Gasteiger partial charge in [0.1, 0.15) is 0 Å². The van der Waals surface area contributed by atoms with Gasteiger partial charge >= 0.3 is 0 Å². The highest BCUT2D eigenvalue weighted by Crippen LogP contribution is 2.03. The van der Waals surface area contributed by atoms with Crippen LogP contribution < -0.4 is 10.9 Å². The largest absolute Gasteiger partial charge is 0.352 e. The molecule has 0 unspecified atom stereocenters. The van der Waals surface area contributed by atoms with Gasteiger partial charge in [0, 0.05) is 36.1 Å². The van der Waals surface area contributed by atoms with Crippen LogP contribution in [0, 0.1) is 13.8 Å². The number of aromatic nitrogens is 2. The van der Waals surface area contributed by atoms with Crippen molar-refractivity contribution in [2.45, 2.75) is 33.2 Å². The number of hydrogen-bond acceptors (Lipinski definition) is 3. The number of amides is 1. The zero-order chi connectivity index (χ0) is 15.2. The van der Waals surface area contributed by atoms with Crippen molar-refractivity contribution in [3.8, 4) is 0 Å². The van der Waals surface area contributed by atoms with Crippen molar-refractivity contribution in [3.05, 3.63) is 63.3 Å². The number of nitrogens with zero attached hydrogens (tertiary/aromatic N) is 1. The van der Waals surface area contributed by atoms with E-state index >= 15 is 0 Å². The van der Waals surface area contributed by atoms with Crippen molar-refractivity contribution in [3.63, 3.8) is 0 Å². The van der Waals surface area contributed by atoms with E-state index in [4.69, 9.17) is 0 Å². The van der Waals surface area contributed by atoms with Gasteiger partial charge in [-0.25, -0.2) is 0 Å². The van der Waals surface area contributed by atoms with Gasteiger partial charge in [-0.1, -0.05) is 6.07 Å². The Morgan fingerprint density at radius 3 is 2.81 bits per heavy atom. The van der Waals surface area contributed by atoms with E-state index in [-0.39, 0.29) is 18.0 Å². The van der Waals surface area contributed by atoms with Crippen LogP contribution in [0.4, 0.5) is 0 Å².